The lowest BCUT2D eigenvalue weighted by Gasteiger charge is -2.31. The minimum atomic E-state index is -0.0409. The third-order valence-corrected chi connectivity index (χ3v) is 4.88. The van der Waals surface area contributed by atoms with Crippen LogP contribution in [0.15, 0.2) is 12.1 Å². The van der Waals surface area contributed by atoms with Gasteiger partial charge >= 0.3 is 0 Å². The van der Waals surface area contributed by atoms with Crippen molar-refractivity contribution in [1.29, 1.82) is 0 Å². The molecule has 0 spiro atoms. The molecule has 1 amide bonds. The van der Waals surface area contributed by atoms with E-state index in [1.54, 1.807) is 19.2 Å². The van der Waals surface area contributed by atoms with Crippen molar-refractivity contribution in [3.05, 3.63) is 22.7 Å². The van der Waals surface area contributed by atoms with E-state index in [1.165, 1.54) is 0 Å². The third kappa shape index (κ3) is 5.93. The van der Waals surface area contributed by atoms with Crippen molar-refractivity contribution in [3.63, 3.8) is 0 Å². The molecule has 1 saturated heterocycles. The van der Waals surface area contributed by atoms with Crippen LogP contribution in [-0.4, -0.2) is 50.7 Å². The molecule has 5 nitrogen and oxygen atoms in total. The maximum absolute atomic E-state index is 12.8. The predicted octanol–water partition coefficient (Wildman–Crippen LogP) is 4.02. The predicted molar refractivity (Wildman–Crippen MR) is 108 cm³/mol. The Labute approximate surface area is 167 Å². The second-order valence-electron chi connectivity index (χ2n) is 6.92. The number of benzene rings is 1. The first kappa shape index (κ1) is 22.9. The van der Waals surface area contributed by atoms with Gasteiger partial charge in [0.2, 0.25) is 0 Å². The molecule has 0 radical (unpaired) electrons. The fourth-order valence-electron chi connectivity index (χ4n) is 2.94. The molecule has 0 aromatic heterocycles. The van der Waals surface area contributed by atoms with E-state index < -0.39 is 0 Å². The van der Waals surface area contributed by atoms with E-state index in [2.05, 4.69) is 19.2 Å². The van der Waals surface area contributed by atoms with Gasteiger partial charge in [-0.3, -0.25) is 4.79 Å². The molecular formula is C19H30Cl2N2O3. The Morgan fingerprint density at radius 3 is 2.58 bits per heavy atom. The van der Waals surface area contributed by atoms with E-state index in [-0.39, 0.29) is 24.4 Å². The Hall–Kier alpha value is -1.17. The third-order valence-electron chi connectivity index (χ3n) is 4.59. The average molecular weight is 405 g/mol. The molecule has 26 heavy (non-hydrogen) atoms. The SMILES string of the molecule is COc1cc(C(=O)N(C)C2CCNCC2)cc(Cl)c1OCCC(C)C.Cl. The van der Waals surface area contributed by atoms with Gasteiger partial charge in [0.05, 0.1) is 18.7 Å². The fraction of sp³-hybridized carbons (Fsp3) is 0.632. The van der Waals surface area contributed by atoms with Crippen LogP contribution in [0.5, 0.6) is 11.5 Å². The summed E-state index contributed by atoms with van der Waals surface area (Å²) in [5.74, 6) is 1.51. The normalized spacial score (nSPS) is 14.7. The summed E-state index contributed by atoms with van der Waals surface area (Å²) in [6.07, 6.45) is 2.85. The van der Waals surface area contributed by atoms with Gasteiger partial charge in [0, 0.05) is 18.7 Å². The lowest BCUT2D eigenvalue weighted by atomic mass is 10.0. The summed E-state index contributed by atoms with van der Waals surface area (Å²) in [4.78, 5) is 14.6. The van der Waals surface area contributed by atoms with Crippen LogP contribution in [-0.2, 0) is 0 Å². The summed E-state index contributed by atoms with van der Waals surface area (Å²) in [6, 6.07) is 3.64. The van der Waals surface area contributed by atoms with Gasteiger partial charge in [-0.05, 0) is 50.4 Å². The molecule has 1 aliphatic rings. The Balaban J connectivity index is 0.00000338. The van der Waals surface area contributed by atoms with Crippen LogP contribution in [0.2, 0.25) is 5.02 Å². The molecule has 148 valence electrons. The van der Waals surface area contributed by atoms with Crippen molar-refractivity contribution in [3.8, 4) is 11.5 Å². The van der Waals surface area contributed by atoms with Gasteiger partial charge in [-0.1, -0.05) is 25.4 Å². The molecule has 1 N–H and O–H groups in total. The summed E-state index contributed by atoms with van der Waals surface area (Å²) in [5.41, 5.74) is 0.527. The second-order valence-corrected chi connectivity index (χ2v) is 7.32. The molecule has 0 saturated carbocycles. The van der Waals surface area contributed by atoms with Gasteiger partial charge in [-0.25, -0.2) is 0 Å². The lowest BCUT2D eigenvalue weighted by Crippen LogP contribution is -2.43. The summed E-state index contributed by atoms with van der Waals surface area (Å²) in [6.45, 7) is 6.72. The Kier molecular flexibility index (Phi) is 9.55. The van der Waals surface area contributed by atoms with Crippen LogP contribution in [0, 0.1) is 5.92 Å². The topological polar surface area (TPSA) is 50.8 Å². The van der Waals surface area contributed by atoms with E-state index in [0.717, 1.165) is 32.4 Å². The number of hydrogen-bond acceptors (Lipinski definition) is 4. The first-order valence-electron chi connectivity index (χ1n) is 8.92. The number of amides is 1. The molecule has 1 fully saturated rings. The van der Waals surface area contributed by atoms with Crippen molar-refractivity contribution in [2.24, 2.45) is 5.92 Å². The molecule has 1 heterocycles. The van der Waals surface area contributed by atoms with Crippen LogP contribution in [0.3, 0.4) is 0 Å². The molecule has 0 atom stereocenters. The van der Waals surface area contributed by atoms with Crippen molar-refractivity contribution in [2.45, 2.75) is 39.2 Å². The standard InChI is InChI=1S/C19H29ClN2O3.ClH/c1-13(2)7-10-25-18-16(20)11-14(12-17(18)24-4)19(23)22(3)15-5-8-21-9-6-15;/h11-13,15,21H,5-10H2,1-4H3;1H. The maximum Gasteiger partial charge on any atom is 0.254 e. The smallest absolute Gasteiger partial charge is 0.254 e. The lowest BCUT2D eigenvalue weighted by molar-refractivity contribution is 0.0703. The monoisotopic (exact) mass is 404 g/mol. The highest BCUT2D eigenvalue weighted by molar-refractivity contribution is 6.32. The van der Waals surface area contributed by atoms with E-state index in [0.29, 0.717) is 34.6 Å². The van der Waals surface area contributed by atoms with Crippen molar-refractivity contribution < 1.29 is 14.3 Å². The van der Waals surface area contributed by atoms with Crippen LogP contribution in [0.4, 0.5) is 0 Å². The van der Waals surface area contributed by atoms with Gasteiger partial charge in [-0.15, -0.1) is 12.4 Å². The fourth-order valence-corrected chi connectivity index (χ4v) is 3.21. The van der Waals surface area contributed by atoms with Crippen LogP contribution in [0.25, 0.3) is 0 Å². The largest absolute Gasteiger partial charge is 0.493 e. The summed E-state index contributed by atoms with van der Waals surface area (Å²) < 4.78 is 11.2. The number of carbonyl (C=O) groups is 1. The van der Waals surface area contributed by atoms with Crippen molar-refractivity contribution in [2.75, 3.05) is 33.9 Å². The van der Waals surface area contributed by atoms with Crippen molar-refractivity contribution >= 4 is 29.9 Å². The van der Waals surface area contributed by atoms with Gasteiger partial charge < -0.3 is 19.7 Å². The number of rotatable bonds is 7. The van der Waals surface area contributed by atoms with E-state index in [1.807, 2.05) is 11.9 Å². The van der Waals surface area contributed by atoms with Crippen LogP contribution in [0.1, 0.15) is 43.5 Å². The van der Waals surface area contributed by atoms with E-state index >= 15 is 0 Å². The zero-order valence-electron chi connectivity index (χ0n) is 16.0. The number of methoxy groups -OCH3 is 1. The highest BCUT2D eigenvalue weighted by Crippen LogP contribution is 2.37. The number of ether oxygens (including phenoxy) is 2. The van der Waals surface area contributed by atoms with Gasteiger partial charge in [0.1, 0.15) is 0 Å². The molecule has 1 aromatic carbocycles. The second kappa shape index (κ2) is 10.9. The molecule has 0 aliphatic carbocycles. The number of nitrogens with zero attached hydrogens (tertiary/aromatic N) is 1. The summed E-state index contributed by atoms with van der Waals surface area (Å²) >= 11 is 6.38. The zero-order valence-corrected chi connectivity index (χ0v) is 17.6. The minimum Gasteiger partial charge on any atom is -0.493 e. The quantitative estimate of drug-likeness (QED) is 0.745. The molecule has 0 unspecified atom stereocenters. The Morgan fingerprint density at radius 1 is 1.35 bits per heavy atom. The maximum atomic E-state index is 12.8. The highest BCUT2D eigenvalue weighted by atomic mass is 35.5. The molecular weight excluding hydrogens is 375 g/mol. The van der Waals surface area contributed by atoms with Crippen molar-refractivity contribution in [1.82, 2.24) is 10.2 Å². The highest BCUT2D eigenvalue weighted by Gasteiger charge is 2.24. The first-order valence-corrected chi connectivity index (χ1v) is 9.30. The summed E-state index contributed by atoms with van der Waals surface area (Å²) in [7, 11) is 3.41. The molecule has 1 aliphatic heterocycles. The van der Waals surface area contributed by atoms with Gasteiger partial charge in [0.25, 0.3) is 5.91 Å². The Morgan fingerprint density at radius 2 is 2.00 bits per heavy atom. The number of carbonyl (C=O) groups excluding carboxylic acids is 1. The van der Waals surface area contributed by atoms with Gasteiger partial charge in [-0.2, -0.15) is 0 Å². The molecule has 1 aromatic rings. The number of halogens is 2. The zero-order chi connectivity index (χ0) is 18.4. The average Bonchev–Trinajstić information content (AvgIpc) is 2.61. The van der Waals surface area contributed by atoms with Crippen LogP contribution < -0.4 is 14.8 Å². The van der Waals surface area contributed by atoms with E-state index in [9.17, 15) is 4.79 Å². The number of piperidine rings is 1. The van der Waals surface area contributed by atoms with E-state index in [4.69, 9.17) is 21.1 Å². The first-order chi connectivity index (χ1) is 11.9. The number of hydrogen-bond donors (Lipinski definition) is 1. The Bertz CT molecular complexity index is 590. The number of nitrogens with one attached hydrogen (secondary N) is 1. The van der Waals surface area contributed by atoms with Gasteiger partial charge in [0.15, 0.2) is 11.5 Å². The molecule has 7 heteroatoms. The molecule has 2 rings (SSSR count). The summed E-state index contributed by atoms with van der Waals surface area (Å²) in [5, 5.41) is 3.72. The van der Waals surface area contributed by atoms with Crippen LogP contribution >= 0.6 is 24.0 Å². The molecule has 0 bridgehead atoms. The minimum absolute atomic E-state index is 0.